The van der Waals surface area contributed by atoms with Gasteiger partial charge in [-0.2, -0.15) is 0 Å². The summed E-state index contributed by atoms with van der Waals surface area (Å²) >= 11 is 0. The lowest BCUT2D eigenvalue weighted by molar-refractivity contribution is 0.515. The van der Waals surface area contributed by atoms with Crippen LogP contribution < -0.4 is 11.1 Å². The van der Waals surface area contributed by atoms with Gasteiger partial charge in [-0.05, 0) is 30.9 Å². The van der Waals surface area contributed by atoms with E-state index in [9.17, 15) is 0 Å². The third kappa shape index (κ3) is 4.51. The van der Waals surface area contributed by atoms with Crippen LogP contribution in [0.4, 0.5) is 0 Å². The Kier molecular flexibility index (Phi) is 5.13. The van der Waals surface area contributed by atoms with Gasteiger partial charge in [0.25, 0.3) is 0 Å². The van der Waals surface area contributed by atoms with E-state index in [0.29, 0.717) is 12.7 Å². The second kappa shape index (κ2) is 7.07. The van der Waals surface area contributed by atoms with Crippen LogP contribution >= 0.6 is 0 Å². The van der Waals surface area contributed by atoms with Crippen LogP contribution in [0.2, 0.25) is 0 Å². The van der Waals surface area contributed by atoms with Gasteiger partial charge in [-0.15, -0.1) is 0 Å². The number of hydrogen-bond acceptors (Lipinski definition) is 2. The average molecular weight is 254 g/mol. The fourth-order valence-electron chi connectivity index (χ4n) is 2.29. The first-order valence-corrected chi connectivity index (χ1v) is 6.81. The van der Waals surface area contributed by atoms with Crippen molar-refractivity contribution in [1.82, 2.24) is 5.32 Å². The fourth-order valence-corrected chi connectivity index (χ4v) is 2.29. The van der Waals surface area contributed by atoms with E-state index in [0.717, 1.165) is 12.8 Å². The van der Waals surface area contributed by atoms with Crippen molar-refractivity contribution in [2.75, 3.05) is 6.67 Å². The van der Waals surface area contributed by atoms with Crippen LogP contribution in [0.25, 0.3) is 0 Å². The Morgan fingerprint density at radius 2 is 1.47 bits per heavy atom. The largest absolute Gasteiger partial charge is 0.318 e. The third-order valence-electron chi connectivity index (χ3n) is 3.33. The summed E-state index contributed by atoms with van der Waals surface area (Å²) in [4.78, 5) is 0. The molecule has 1 unspecified atom stereocenters. The first kappa shape index (κ1) is 13.8. The monoisotopic (exact) mass is 254 g/mol. The van der Waals surface area contributed by atoms with E-state index in [-0.39, 0.29) is 0 Å². The summed E-state index contributed by atoms with van der Waals surface area (Å²) in [6, 6.07) is 19.7. The number of benzene rings is 2. The maximum absolute atomic E-state index is 5.65. The maximum Gasteiger partial charge on any atom is 0.0431 e. The molecule has 2 nitrogen and oxygen atoms in total. The lowest BCUT2D eigenvalue weighted by atomic mass is 9.98. The first-order chi connectivity index (χ1) is 9.28. The summed E-state index contributed by atoms with van der Waals surface area (Å²) in [6.45, 7) is 2.63. The Bertz CT molecular complexity index is 476. The Morgan fingerprint density at radius 3 is 2.05 bits per heavy atom. The highest BCUT2D eigenvalue weighted by Gasteiger charge is 2.09. The van der Waals surface area contributed by atoms with Gasteiger partial charge in [-0.3, -0.25) is 0 Å². The predicted octanol–water partition coefficient (Wildman–Crippen LogP) is 2.65. The Labute approximate surface area is 115 Å². The van der Waals surface area contributed by atoms with Crippen molar-refractivity contribution in [3.63, 3.8) is 0 Å². The van der Waals surface area contributed by atoms with E-state index < -0.39 is 0 Å². The molecule has 0 amide bonds. The molecule has 2 aromatic carbocycles. The molecule has 0 radical (unpaired) electrons. The molecule has 0 heterocycles. The second-order valence-corrected chi connectivity index (χ2v) is 4.98. The third-order valence-corrected chi connectivity index (χ3v) is 3.33. The molecule has 0 saturated carbocycles. The van der Waals surface area contributed by atoms with Crippen molar-refractivity contribution in [3.8, 4) is 0 Å². The van der Waals surface area contributed by atoms with E-state index in [4.69, 9.17) is 5.73 Å². The molecule has 0 fully saturated rings. The molecule has 0 saturated heterocycles. The molecule has 2 heteroatoms. The number of rotatable bonds is 6. The minimum Gasteiger partial charge on any atom is -0.318 e. The SMILES string of the molecule is Cc1ccc(CC(Cc2ccccc2)NCN)cc1. The Balaban J connectivity index is 2.01. The molecular formula is C17H22N2. The van der Waals surface area contributed by atoms with Crippen molar-refractivity contribution in [2.45, 2.75) is 25.8 Å². The van der Waals surface area contributed by atoms with Gasteiger partial charge in [0, 0.05) is 12.7 Å². The molecule has 0 aliphatic carbocycles. The van der Waals surface area contributed by atoms with Crippen LogP contribution in [0.15, 0.2) is 54.6 Å². The van der Waals surface area contributed by atoms with Gasteiger partial charge < -0.3 is 11.1 Å². The zero-order chi connectivity index (χ0) is 13.5. The molecule has 2 rings (SSSR count). The topological polar surface area (TPSA) is 38.0 Å². The number of hydrogen-bond donors (Lipinski definition) is 2. The number of nitrogens with one attached hydrogen (secondary N) is 1. The highest BCUT2D eigenvalue weighted by molar-refractivity contribution is 5.23. The summed E-state index contributed by atoms with van der Waals surface area (Å²) in [5.74, 6) is 0. The minimum absolute atomic E-state index is 0.384. The highest BCUT2D eigenvalue weighted by Crippen LogP contribution is 2.10. The summed E-state index contributed by atoms with van der Waals surface area (Å²) in [5.41, 5.74) is 9.65. The normalized spacial score (nSPS) is 12.3. The van der Waals surface area contributed by atoms with Crippen molar-refractivity contribution in [3.05, 3.63) is 71.3 Å². The molecule has 0 aromatic heterocycles. The van der Waals surface area contributed by atoms with E-state index in [1.807, 2.05) is 0 Å². The molecule has 3 N–H and O–H groups in total. The standard InChI is InChI=1S/C17H22N2/c1-14-7-9-16(10-8-14)12-17(19-13-18)11-15-5-3-2-4-6-15/h2-10,17,19H,11-13,18H2,1H3. The van der Waals surface area contributed by atoms with Crippen LogP contribution in [0, 0.1) is 6.92 Å². The number of nitrogens with two attached hydrogens (primary N) is 1. The molecule has 100 valence electrons. The number of aryl methyl sites for hydroxylation is 1. The van der Waals surface area contributed by atoms with Crippen molar-refractivity contribution >= 4 is 0 Å². The van der Waals surface area contributed by atoms with Gasteiger partial charge in [0.15, 0.2) is 0 Å². The molecule has 0 aliphatic heterocycles. The molecule has 0 spiro atoms. The summed E-state index contributed by atoms with van der Waals surface area (Å²) in [6.07, 6.45) is 2.01. The lowest BCUT2D eigenvalue weighted by Gasteiger charge is -2.18. The van der Waals surface area contributed by atoms with Crippen LogP contribution in [0.5, 0.6) is 0 Å². The Hall–Kier alpha value is -1.64. The van der Waals surface area contributed by atoms with Crippen LogP contribution in [-0.2, 0) is 12.8 Å². The molecule has 1 atom stereocenters. The minimum atomic E-state index is 0.384. The quantitative estimate of drug-likeness (QED) is 0.778. The average Bonchev–Trinajstić information content (AvgIpc) is 2.43. The van der Waals surface area contributed by atoms with Crippen LogP contribution in [0.3, 0.4) is 0 Å². The van der Waals surface area contributed by atoms with Gasteiger partial charge in [0.1, 0.15) is 0 Å². The van der Waals surface area contributed by atoms with E-state index in [1.54, 1.807) is 0 Å². The second-order valence-electron chi connectivity index (χ2n) is 4.98. The summed E-state index contributed by atoms with van der Waals surface area (Å²) < 4.78 is 0. The van der Waals surface area contributed by atoms with Gasteiger partial charge >= 0.3 is 0 Å². The van der Waals surface area contributed by atoms with Crippen molar-refractivity contribution < 1.29 is 0 Å². The Morgan fingerprint density at radius 1 is 0.895 bits per heavy atom. The lowest BCUT2D eigenvalue weighted by Crippen LogP contribution is -2.37. The first-order valence-electron chi connectivity index (χ1n) is 6.81. The van der Waals surface area contributed by atoms with E-state index in [1.165, 1.54) is 16.7 Å². The molecule has 0 aliphatic rings. The highest BCUT2D eigenvalue weighted by atomic mass is 15.0. The van der Waals surface area contributed by atoms with Crippen molar-refractivity contribution in [2.24, 2.45) is 5.73 Å². The van der Waals surface area contributed by atoms with Gasteiger partial charge in [0.2, 0.25) is 0 Å². The molecular weight excluding hydrogens is 232 g/mol. The molecule has 0 bridgehead atoms. The van der Waals surface area contributed by atoms with Crippen molar-refractivity contribution in [1.29, 1.82) is 0 Å². The van der Waals surface area contributed by atoms with Crippen LogP contribution in [-0.4, -0.2) is 12.7 Å². The van der Waals surface area contributed by atoms with Crippen LogP contribution in [0.1, 0.15) is 16.7 Å². The van der Waals surface area contributed by atoms with Gasteiger partial charge in [0.05, 0.1) is 0 Å². The van der Waals surface area contributed by atoms with Gasteiger partial charge in [-0.1, -0.05) is 60.2 Å². The molecule has 19 heavy (non-hydrogen) atoms. The van der Waals surface area contributed by atoms with Gasteiger partial charge in [-0.25, -0.2) is 0 Å². The molecule has 2 aromatic rings. The van der Waals surface area contributed by atoms with E-state index >= 15 is 0 Å². The summed E-state index contributed by atoms with van der Waals surface area (Å²) in [5, 5.41) is 3.37. The zero-order valence-corrected chi connectivity index (χ0v) is 11.5. The fraction of sp³-hybridized carbons (Fsp3) is 0.294. The maximum atomic E-state index is 5.65. The smallest absolute Gasteiger partial charge is 0.0431 e. The predicted molar refractivity (Wildman–Crippen MR) is 81.0 cm³/mol. The zero-order valence-electron chi connectivity index (χ0n) is 11.5. The summed E-state index contributed by atoms with van der Waals surface area (Å²) in [7, 11) is 0. The van der Waals surface area contributed by atoms with E-state index in [2.05, 4.69) is 66.8 Å².